The molecular formula is C20H26N4O4. The molecule has 1 aromatic carbocycles. The van der Waals surface area contributed by atoms with Crippen LogP contribution >= 0.6 is 0 Å². The molecule has 2 amide bonds. The third-order valence-electron chi connectivity index (χ3n) is 5.11. The number of aromatic amines is 1. The van der Waals surface area contributed by atoms with Gasteiger partial charge in [0.2, 0.25) is 11.8 Å². The smallest absolute Gasteiger partial charge is 0.326 e. The summed E-state index contributed by atoms with van der Waals surface area (Å²) in [6.45, 7) is 4.82. The van der Waals surface area contributed by atoms with Crippen molar-refractivity contribution in [1.29, 1.82) is 0 Å². The van der Waals surface area contributed by atoms with E-state index in [0.717, 1.165) is 16.5 Å². The third kappa shape index (κ3) is 4.33. The minimum atomic E-state index is -1.12. The molecule has 0 spiro atoms. The van der Waals surface area contributed by atoms with Gasteiger partial charge in [0.25, 0.3) is 0 Å². The molecule has 1 aromatic heterocycles. The van der Waals surface area contributed by atoms with Gasteiger partial charge in [0, 0.05) is 36.6 Å². The summed E-state index contributed by atoms with van der Waals surface area (Å²) in [6.07, 6.45) is 1.91. The molecule has 150 valence electrons. The highest BCUT2D eigenvalue weighted by Crippen LogP contribution is 2.19. The molecule has 8 nitrogen and oxygen atoms in total. The number of fused-ring (bicyclic) bond motifs is 1. The number of H-pyrrole nitrogens is 1. The first-order valence-electron chi connectivity index (χ1n) is 9.46. The van der Waals surface area contributed by atoms with Crippen LogP contribution in [0.2, 0.25) is 0 Å². The van der Waals surface area contributed by atoms with Crippen LogP contribution in [0.3, 0.4) is 0 Å². The zero-order chi connectivity index (χ0) is 20.3. The molecule has 1 aliphatic rings. The van der Waals surface area contributed by atoms with Gasteiger partial charge in [-0.25, -0.2) is 4.79 Å². The predicted molar refractivity (Wildman–Crippen MR) is 105 cm³/mol. The van der Waals surface area contributed by atoms with Crippen LogP contribution in [-0.2, 0) is 20.8 Å². The highest BCUT2D eigenvalue weighted by molar-refractivity contribution is 5.92. The Labute approximate surface area is 163 Å². The Bertz CT molecular complexity index is 872. The number of hydrogen-bond donors (Lipinski definition) is 5. The zero-order valence-electron chi connectivity index (χ0n) is 16.0. The summed E-state index contributed by atoms with van der Waals surface area (Å²) in [5, 5.41) is 18.9. The van der Waals surface area contributed by atoms with Crippen molar-refractivity contribution in [2.45, 2.75) is 32.4 Å². The van der Waals surface area contributed by atoms with Crippen molar-refractivity contribution in [3.05, 3.63) is 36.0 Å². The average molecular weight is 386 g/mol. The van der Waals surface area contributed by atoms with Crippen LogP contribution in [0.4, 0.5) is 0 Å². The van der Waals surface area contributed by atoms with E-state index in [-0.39, 0.29) is 24.2 Å². The first kappa shape index (κ1) is 19.9. The first-order valence-corrected chi connectivity index (χ1v) is 9.46. The molecule has 0 bridgehead atoms. The number of carbonyl (C=O) groups is 3. The van der Waals surface area contributed by atoms with Crippen molar-refractivity contribution in [3.63, 3.8) is 0 Å². The van der Waals surface area contributed by atoms with E-state index in [1.165, 1.54) is 0 Å². The number of benzene rings is 1. The zero-order valence-corrected chi connectivity index (χ0v) is 16.0. The van der Waals surface area contributed by atoms with Crippen molar-refractivity contribution in [2.24, 2.45) is 11.8 Å². The van der Waals surface area contributed by atoms with Crippen molar-refractivity contribution in [2.75, 3.05) is 13.1 Å². The molecule has 2 aromatic rings. The van der Waals surface area contributed by atoms with Gasteiger partial charge in [0.1, 0.15) is 12.1 Å². The fourth-order valence-electron chi connectivity index (χ4n) is 3.26. The van der Waals surface area contributed by atoms with Gasteiger partial charge in [0.05, 0.1) is 5.92 Å². The standard InChI is InChI=1S/C20H26N4O4/c1-11(2)17(24-18(25)13-8-21-9-13)19(26)23-16(20(27)28)7-12-10-22-15-6-4-3-5-14(12)15/h3-6,10-11,13,16-17,21-22H,7-9H2,1-2H3,(H,23,26)(H,24,25)(H,27,28)/t16-,17-/m0/s1. The van der Waals surface area contributed by atoms with Gasteiger partial charge in [-0.1, -0.05) is 32.0 Å². The van der Waals surface area contributed by atoms with Crippen LogP contribution < -0.4 is 16.0 Å². The minimum Gasteiger partial charge on any atom is -0.480 e. The highest BCUT2D eigenvalue weighted by atomic mass is 16.4. The second kappa shape index (κ2) is 8.43. The monoisotopic (exact) mass is 386 g/mol. The van der Waals surface area contributed by atoms with E-state index in [2.05, 4.69) is 20.9 Å². The maximum Gasteiger partial charge on any atom is 0.326 e. The summed E-state index contributed by atoms with van der Waals surface area (Å²) in [4.78, 5) is 39.8. The van der Waals surface area contributed by atoms with Crippen LogP contribution in [0.15, 0.2) is 30.5 Å². The maximum absolute atomic E-state index is 12.7. The molecule has 1 saturated heterocycles. The van der Waals surface area contributed by atoms with Gasteiger partial charge in [-0.15, -0.1) is 0 Å². The Morgan fingerprint density at radius 1 is 1.18 bits per heavy atom. The SMILES string of the molecule is CC(C)[C@H](NC(=O)C1CNC1)C(=O)N[C@@H](Cc1c[nH]c2ccccc12)C(=O)O. The number of carbonyl (C=O) groups excluding carboxylic acids is 2. The van der Waals surface area contributed by atoms with Crippen LogP contribution in [0.25, 0.3) is 10.9 Å². The lowest BCUT2D eigenvalue weighted by Gasteiger charge is -2.30. The van der Waals surface area contributed by atoms with E-state index in [1.807, 2.05) is 38.1 Å². The van der Waals surface area contributed by atoms with Gasteiger partial charge >= 0.3 is 5.97 Å². The number of hydrogen-bond acceptors (Lipinski definition) is 4. The number of aliphatic carboxylic acids is 1. The highest BCUT2D eigenvalue weighted by Gasteiger charge is 2.32. The molecule has 0 aliphatic carbocycles. The van der Waals surface area contributed by atoms with Gasteiger partial charge in [-0.3, -0.25) is 9.59 Å². The number of amides is 2. The Balaban J connectivity index is 1.70. The number of aromatic nitrogens is 1. The molecule has 0 unspecified atom stereocenters. The molecule has 2 atom stereocenters. The molecule has 28 heavy (non-hydrogen) atoms. The van der Waals surface area contributed by atoms with Crippen LogP contribution in [0, 0.1) is 11.8 Å². The molecule has 1 aliphatic heterocycles. The lowest BCUT2D eigenvalue weighted by molar-refractivity contribution is -0.142. The van der Waals surface area contributed by atoms with E-state index in [4.69, 9.17) is 0 Å². The summed E-state index contributed by atoms with van der Waals surface area (Å²) in [5.74, 6) is -2.09. The number of carboxylic acid groups (broad SMARTS) is 1. The number of para-hydroxylation sites is 1. The van der Waals surface area contributed by atoms with E-state index in [9.17, 15) is 19.5 Å². The largest absolute Gasteiger partial charge is 0.480 e. The van der Waals surface area contributed by atoms with Gasteiger partial charge in [-0.05, 0) is 17.5 Å². The van der Waals surface area contributed by atoms with Crippen LogP contribution in [-0.4, -0.2) is 53.0 Å². The second-order valence-corrected chi connectivity index (χ2v) is 7.55. The summed E-state index contributed by atoms with van der Waals surface area (Å²) in [7, 11) is 0. The fourth-order valence-corrected chi connectivity index (χ4v) is 3.26. The third-order valence-corrected chi connectivity index (χ3v) is 5.11. The average Bonchev–Trinajstić information content (AvgIpc) is 3.00. The Morgan fingerprint density at radius 2 is 1.89 bits per heavy atom. The van der Waals surface area contributed by atoms with Gasteiger partial charge < -0.3 is 26.0 Å². The van der Waals surface area contributed by atoms with Crippen LogP contribution in [0.5, 0.6) is 0 Å². The maximum atomic E-state index is 12.7. The summed E-state index contributed by atoms with van der Waals surface area (Å²) >= 11 is 0. The summed E-state index contributed by atoms with van der Waals surface area (Å²) < 4.78 is 0. The van der Waals surface area contributed by atoms with E-state index in [1.54, 1.807) is 6.20 Å². The lowest BCUT2D eigenvalue weighted by atomic mass is 9.98. The van der Waals surface area contributed by atoms with Gasteiger partial charge in [-0.2, -0.15) is 0 Å². The minimum absolute atomic E-state index is 0.143. The number of rotatable bonds is 8. The van der Waals surface area contributed by atoms with E-state index >= 15 is 0 Å². The molecule has 0 saturated carbocycles. The molecule has 2 heterocycles. The summed E-state index contributed by atoms with van der Waals surface area (Å²) in [5.41, 5.74) is 1.73. The Hall–Kier alpha value is -2.87. The van der Waals surface area contributed by atoms with E-state index < -0.39 is 24.0 Å². The van der Waals surface area contributed by atoms with Crippen molar-refractivity contribution in [1.82, 2.24) is 20.9 Å². The quantitative estimate of drug-likeness (QED) is 0.456. The van der Waals surface area contributed by atoms with Crippen molar-refractivity contribution in [3.8, 4) is 0 Å². The molecule has 5 N–H and O–H groups in total. The van der Waals surface area contributed by atoms with Crippen molar-refractivity contribution >= 4 is 28.7 Å². The molecule has 0 radical (unpaired) electrons. The topological polar surface area (TPSA) is 123 Å². The molecule has 8 heteroatoms. The lowest BCUT2D eigenvalue weighted by Crippen LogP contribution is -2.58. The summed E-state index contributed by atoms with van der Waals surface area (Å²) in [6, 6.07) is 5.73. The first-order chi connectivity index (χ1) is 13.4. The Morgan fingerprint density at radius 3 is 2.50 bits per heavy atom. The predicted octanol–water partition coefficient (Wildman–Crippen LogP) is 0.640. The van der Waals surface area contributed by atoms with E-state index in [0.29, 0.717) is 13.1 Å². The second-order valence-electron chi connectivity index (χ2n) is 7.55. The molecular weight excluding hydrogens is 360 g/mol. The fraction of sp³-hybridized carbons (Fsp3) is 0.450. The number of nitrogens with one attached hydrogen (secondary N) is 4. The molecule has 1 fully saturated rings. The van der Waals surface area contributed by atoms with Crippen LogP contribution in [0.1, 0.15) is 19.4 Å². The normalized spacial score (nSPS) is 16.4. The van der Waals surface area contributed by atoms with Gasteiger partial charge in [0.15, 0.2) is 0 Å². The van der Waals surface area contributed by atoms with Crippen molar-refractivity contribution < 1.29 is 19.5 Å². The molecule has 3 rings (SSSR count). The number of carboxylic acids is 1. The Kier molecular flexibility index (Phi) is 5.99.